The lowest BCUT2D eigenvalue weighted by atomic mass is 10.1. The van der Waals surface area contributed by atoms with Crippen molar-refractivity contribution in [3.05, 3.63) is 78.2 Å². The predicted octanol–water partition coefficient (Wildman–Crippen LogP) is 7.16. The van der Waals surface area contributed by atoms with Gasteiger partial charge < -0.3 is 19.9 Å². The van der Waals surface area contributed by atoms with Gasteiger partial charge in [-0.15, -0.1) is 0 Å². The lowest BCUT2D eigenvalue weighted by Gasteiger charge is -2.35. The fraction of sp³-hybridized carbons (Fsp3) is 0.241. The summed E-state index contributed by atoms with van der Waals surface area (Å²) < 4.78 is 20.4. The Hall–Kier alpha value is -3.75. The number of morpholine rings is 1. The molecule has 2 N–H and O–H groups in total. The summed E-state index contributed by atoms with van der Waals surface area (Å²) in [6.45, 7) is 7.98. The molecule has 1 aliphatic heterocycles. The van der Waals surface area contributed by atoms with Gasteiger partial charge in [-0.1, -0.05) is 23.5 Å². The summed E-state index contributed by atoms with van der Waals surface area (Å²) in [6.07, 6.45) is 2.16. The van der Waals surface area contributed by atoms with Gasteiger partial charge in [0.05, 0.1) is 40.0 Å². The zero-order valence-electron chi connectivity index (χ0n) is 21.0. The highest BCUT2D eigenvalue weighted by atomic mass is 32.1. The summed E-state index contributed by atoms with van der Waals surface area (Å²) in [4.78, 5) is 15.3. The summed E-state index contributed by atoms with van der Waals surface area (Å²) in [5.74, 6) is 0.518. The van der Waals surface area contributed by atoms with Crippen LogP contribution in [0.15, 0.2) is 66.9 Å². The van der Waals surface area contributed by atoms with Crippen molar-refractivity contribution in [1.82, 2.24) is 15.0 Å². The third-order valence-electron chi connectivity index (χ3n) is 6.60. The Bertz CT molecular complexity index is 1550. The largest absolute Gasteiger partial charge is 0.372 e. The third kappa shape index (κ3) is 4.82. The van der Waals surface area contributed by atoms with Crippen molar-refractivity contribution in [2.24, 2.45) is 0 Å². The number of aromatic amines is 1. The number of fused-ring (bicyclic) bond motifs is 1. The Kier molecular flexibility index (Phi) is 6.14. The van der Waals surface area contributed by atoms with Gasteiger partial charge in [0.1, 0.15) is 11.6 Å². The summed E-state index contributed by atoms with van der Waals surface area (Å²) in [6, 6.07) is 18.9. The van der Waals surface area contributed by atoms with Crippen LogP contribution in [-0.2, 0) is 4.74 Å². The van der Waals surface area contributed by atoms with Crippen LogP contribution in [0.3, 0.4) is 0 Å². The Labute approximate surface area is 219 Å². The molecule has 2 aromatic heterocycles. The van der Waals surface area contributed by atoms with E-state index in [4.69, 9.17) is 9.72 Å². The van der Waals surface area contributed by atoms with Crippen LogP contribution in [0.4, 0.5) is 20.9 Å². The molecule has 188 valence electrons. The summed E-state index contributed by atoms with van der Waals surface area (Å²) in [5.41, 5.74) is 6.84. The molecule has 1 saturated heterocycles. The topological polar surface area (TPSA) is 66.1 Å². The van der Waals surface area contributed by atoms with Gasteiger partial charge in [-0.3, -0.25) is 0 Å². The van der Waals surface area contributed by atoms with Gasteiger partial charge >= 0.3 is 0 Å². The van der Waals surface area contributed by atoms with Gasteiger partial charge in [0, 0.05) is 24.3 Å². The maximum absolute atomic E-state index is 13.3. The van der Waals surface area contributed by atoms with E-state index < -0.39 is 0 Å². The molecule has 0 unspecified atom stereocenters. The molecule has 2 atom stereocenters. The first-order valence-electron chi connectivity index (χ1n) is 12.4. The van der Waals surface area contributed by atoms with Gasteiger partial charge in [0.25, 0.3) is 0 Å². The van der Waals surface area contributed by atoms with E-state index in [0.717, 1.165) is 68.0 Å². The normalized spacial score (nSPS) is 17.9. The van der Waals surface area contributed by atoms with E-state index in [-0.39, 0.29) is 18.0 Å². The zero-order valence-corrected chi connectivity index (χ0v) is 21.8. The highest BCUT2D eigenvalue weighted by Crippen LogP contribution is 2.37. The number of rotatable bonds is 5. The van der Waals surface area contributed by atoms with Crippen LogP contribution < -0.4 is 10.2 Å². The van der Waals surface area contributed by atoms with Gasteiger partial charge in [0.15, 0.2) is 5.13 Å². The molecule has 0 amide bonds. The van der Waals surface area contributed by atoms with Crippen molar-refractivity contribution < 1.29 is 9.13 Å². The van der Waals surface area contributed by atoms with E-state index in [1.165, 1.54) is 12.1 Å². The van der Waals surface area contributed by atoms with Crippen LogP contribution in [0.25, 0.3) is 32.9 Å². The van der Waals surface area contributed by atoms with Crippen LogP contribution in [0.5, 0.6) is 0 Å². The van der Waals surface area contributed by atoms with E-state index in [1.807, 2.05) is 6.07 Å². The molecule has 6 nitrogen and oxygen atoms in total. The monoisotopic (exact) mass is 513 g/mol. The number of hydrogen-bond donors (Lipinski definition) is 2. The highest BCUT2D eigenvalue weighted by Gasteiger charge is 2.25. The number of nitrogens with zero attached hydrogens (tertiary/aromatic N) is 3. The van der Waals surface area contributed by atoms with E-state index in [9.17, 15) is 4.39 Å². The number of aryl methyl sites for hydroxylation is 1. The van der Waals surface area contributed by atoms with Crippen molar-refractivity contribution in [2.45, 2.75) is 33.0 Å². The Balaban J connectivity index is 1.29. The molecular weight excluding hydrogens is 485 g/mol. The number of H-pyrrole nitrogens is 1. The Morgan fingerprint density at radius 3 is 2.62 bits per heavy atom. The second kappa shape index (κ2) is 9.61. The summed E-state index contributed by atoms with van der Waals surface area (Å²) in [5, 5.41) is 4.63. The SMILES string of the molecule is Cc1ccc(Nc2cccc3nc(N4C[C@@H](C)O[C@@H](C)C4)sc23)cc1-c1ncc(-c2ccc(F)cc2)[nH]1. The van der Waals surface area contributed by atoms with Crippen molar-refractivity contribution in [1.29, 1.82) is 0 Å². The van der Waals surface area contributed by atoms with Crippen molar-refractivity contribution in [3.63, 3.8) is 0 Å². The zero-order chi connectivity index (χ0) is 25.5. The van der Waals surface area contributed by atoms with Gasteiger partial charge in [-0.05, 0) is 80.4 Å². The number of hydrogen-bond acceptors (Lipinski definition) is 6. The molecular formula is C29H28FN5OS. The summed E-state index contributed by atoms with van der Waals surface area (Å²) >= 11 is 1.71. The predicted molar refractivity (Wildman–Crippen MR) is 149 cm³/mol. The molecule has 6 rings (SSSR count). The van der Waals surface area contributed by atoms with Crippen molar-refractivity contribution >= 4 is 38.1 Å². The molecule has 1 fully saturated rings. The first kappa shape index (κ1) is 23.6. The number of anilines is 3. The standard InChI is InChI=1S/C29H28FN5OS/c1-17-7-12-22(13-23(17)28-31-14-26(33-28)20-8-10-21(30)11-9-20)32-24-5-4-6-25-27(24)37-29(34-25)35-15-18(2)36-19(3)16-35/h4-14,18-19,32H,15-16H2,1-3H3,(H,31,33)/t18-,19+. The smallest absolute Gasteiger partial charge is 0.186 e. The van der Waals surface area contributed by atoms with Crippen molar-refractivity contribution in [2.75, 3.05) is 23.3 Å². The number of benzene rings is 3. The Morgan fingerprint density at radius 2 is 1.84 bits per heavy atom. The van der Waals surface area contributed by atoms with E-state index in [0.29, 0.717) is 0 Å². The molecule has 8 heteroatoms. The van der Waals surface area contributed by atoms with Crippen LogP contribution in [0.1, 0.15) is 19.4 Å². The quantitative estimate of drug-likeness (QED) is 0.261. The molecule has 37 heavy (non-hydrogen) atoms. The molecule has 3 heterocycles. The Morgan fingerprint density at radius 1 is 1.05 bits per heavy atom. The number of aromatic nitrogens is 3. The number of nitrogens with one attached hydrogen (secondary N) is 2. The van der Waals surface area contributed by atoms with E-state index in [2.05, 4.69) is 71.3 Å². The summed E-state index contributed by atoms with van der Waals surface area (Å²) in [7, 11) is 0. The van der Waals surface area contributed by atoms with Gasteiger partial charge in [-0.25, -0.2) is 14.4 Å². The molecule has 1 aliphatic rings. The third-order valence-corrected chi connectivity index (χ3v) is 7.76. The first-order chi connectivity index (χ1) is 17.9. The average Bonchev–Trinajstić information content (AvgIpc) is 3.53. The molecule has 3 aromatic carbocycles. The lowest BCUT2D eigenvalue weighted by molar-refractivity contribution is -0.00521. The van der Waals surface area contributed by atoms with Crippen LogP contribution in [0, 0.1) is 12.7 Å². The minimum atomic E-state index is -0.254. The molecule has 0 spiro atoms. The second-order valence-electron chi connectivity index (χ2n) is 9.62. The molecule has 0 saturated carbocycles. The number of thiazole rings is 1. The van der Waals surface area contributed by atoms with Gasteiger partial charge in [0.2, 0.25) is 0 Å². The molecule has 5 aromatic rings. The maximum atomic E-state index is 13.3. The van der Waals surface area contributed by atoms with Crippen LogP contribution in [-0.4, -0.2) is 40.2 Å². The lowest BCUT2D eigenvalue weighted by Crippen LogP contribution is -2.45. The average molecular weight is 514 g/mol. The fourth-order valence-electron chi connectivity index (χ4n) is 4.85. The minimum Gasteiger partial charge on any atom is -0.372 e. The van der Waals surface area contributed by atoms with Crippen molar-refractivity contribution in [3.8, 4) is 22.6 Å². The maximum Gasteiger partial charge on any atom is 0.186 e. The van der Waals surface area contributed by atoms with E-state index >= 15 is 0 Å². The second-order valence-corrected chi connectivity index (χ2v) is 10.6. The first-order valence-corrected chi connectivity index (χ1v) is 13.2. The minimum absolute atomic E-state index is 0.185. The highest BCUT2D eigenvalue weighted by molar-refractivity contribution is 7.22. The molecule has 0 bridgehead atoms. The van der Waals surface area contributed by atoms with Gasteiger partial charge in [-0.2, -0.15) is 0 Å². The van der Waals surface area contributed by atoms with E-state index in [1.54, 1.807) is 29.7 Å². The fourth-order valence-corrected chi connectivity index (χ4v) is 5.90. The van der Waals surface area contributed by atoms with Crippen LogP contribution >= 0.6 is 11.3 Å². The number of imidazole rings is 1. The molecule has 0 radical (unpaired) electrons. The van der Waals surface area contributed by atoms with Crippen LogP contribution in [0.2, 0.25) is 0 Å². The number of ether oxygens (including phenoxy) is 1. The number of halogens is 1. The molecule has 0 aliphatic carbocycles.